The molecular weight excluding hydrogens is 351 g/mol. The lowest BCUT2D eigenvalue weighted by Crippen LogP contribution is -2.36. The lowest BCUT2D eigenvalue weighted by molar-refractivity contribution is -0.138. The fourth-order valence-electron chi connectivity index (χ4n) is 3.53. The Bertz CT molecular complexity index is 852. The Labute approximate surface area is 155 Å². The van der Waals surface area contributed by atoms with Crippen molar-refractivity contribution in [1.82, 2.24) is 9.80 Å². The van der Waals surface area contributed by atoms with E-state index in [0.29, 0.717) is 11.3 Å². The van der Waals surface area contributed by atoms with Crippen molar-refractivity contribution in [2.45, 2.75) is 25.8 Å². The molecule has 4 nitrogen and oxygen atoms in total. The first kappa shape index (κ1) is 17.0. The predicted octanol–water partition coefficient (Wildman–Crippen LogP) is 3.65. The summed E-state index contributed by atoms with van der Waals surface area (Å²) in [6.07, 6.45) is 3.21. The third kappa shape index (κ3) is 3.05. The van der Waals surface area contributed by atoms with Crippen molar-refractivity contribution in [2.75, 3.05) is 13.1 Å². The molecule has 0 unspecified atom stereocenters. The van der Waals surface area contributed by atoms with E-state index in [1.807, 2.05) is 17.5 Å². The number of amides is 2. The average Bonchev–Trinajstić information content (AvgIpc) is 3.26. The second-order valence-electron chi connectivity index (χ2n) is 6.57. The van der Waals surface area contributed by atoms with Crippen molar-refractivity contribution < 1.29 is 14.0 Å². The summed E-state index contributed by atoms with van der Waals surface area (Å²) >= 11 is 1.47. The van der Waals surface area contributed by atoms with E-state index < -0.39 is 0 Å². The maximum absolute atomic E-state index is 13.1. The van der Waals surface area contributed by atoms with E-state index in [-0.39, 0.29) is 24.2 Å². The van der Waals surface area contributed by atoms with Gasteiger partial charge in [-0.1, -0.05) is 18.2 Å². The minimum atomic E-state index is -0.334. The van der Waals surface area contributed by atoms with Crippen LogP contribution < -0.4 is 0 Å². The van der Waals surface area contributed by atoms with Crippen molar-refractivity contribution in [1.29, 1.82) is 0 Å². The van der Waals surface area contributed by atoms with Crippen molar-refractivity contribution in [3.05, 3.63) is 63.7 Å². The minimum Gasteiger partial charge on any atom is -0.366 e. The summed E-state index contributed by atoms with van der Waals surface area (Å²) in [4.78, 5) is 30.4. The second kappa shape index (κ2) is 7.03. The third-order valence-electron chi connectivity index (χ3n) is 4.84. The Hall–Kier alpha value is -2.47. The molecule has 2 amide bonds. The zero-order valence-electron chi connectivity index (χ0n) is 14.3. The highest BCUT2D eigenvalue weighted by atomic mass is 32.1. The molecule has 2 aliphatic heterocycles. The van der Waals surface area contributed by atoms with E-state index >= 15 is 0 Å². The van der Waals surface area contributed by atoms with Crippen LogP contribution in [0.5, 0.6) is 0 Å². The van der Waals surface area contributed by atoms with Gasteiger partial charge in [0.1, 0.15) is 11.5 Å². The van der Waals surface area contributed by atoms with E-state index in [1.165, 1.54) is 28.4 Å². The first-order chi connectivity index (χ1) is 12.6. The van der Waals surface area contributed by atoms with Crippen LogP contribution in [-0.2, 0) is 16.1 Å². The molecule has 0 atom stereocenters. The van der Waals surface area contributed by atoms with Crippen molar-refractivity contribution in [2.24, 2.45) is 0 Å². The van der Waals surface area contributed by atoms with Crippen LogP contribution in [0.25, 0.3) is 5.57 Å². The van der Waals surface area contributed by atoms with Crippen LogP contribution in [0.15, 0.2) is 47.5 Å². The fourth-order valence-corrected chi connectivity index (χ4v) is 4.30. The molecule has 0 aliphatic carbocycles. The maximum Gasteiger partial charge on any atom is 0.278 e. The first-order valence-electron chi connectivity index (χ1n) is 8.79. The van der Waals surface area contributed by atoms with E-state index in [1.54, 1.807) is 12.1 Å². The largest absolute Gasteiger partial charge is 0.366 e. The van der Waals surface area contributed by atoms with Crippen LogP contribution >= 0.6 is 11.3 Å². The molecule has 0 radical (unpaired) electrons. The van der Waals surface area contributed by atoms with Crippen molar-refractivity contribution >= 4 is 28.7 Å². The lowest BCUT2D eigenvalue weighted by Gasteiger charge is -2.29. The standard InChI is InChI=1S/C20H19FN2O2S/c21-15-8-6-14(7-9-15)13-23-19(24)17(16-5-4-12-26-16)18(20(23)25)22-10-2-1-3-11-22/h4-9,12H,1-3,10-11,13H2. The van der Waals surface area contributed by atoms with Gasteiger partial charge in [0.15, 0.2) is 0 Å². The first-order valence-corrected chi connectivity index (χ1v) is 9.67. The Balaban J connectivity index is 1.69. The van der Waals surface area contributed by atoms with Gasteiger partial charge >= 0.3 is 0 Å². The smallest absolute Gasteiger partial charge is 0.278 e. The molecule has 26 heavy (non-hydrogen) atoms. The third-order valence-corrected chi connectivity index (χ3v) is 5.72. The molecular formula is C20H19FN2O2S. The molecule has 2 aromatic rings. The number of hydrogen-bond donors (Lipinski definition) is 0. The van der Waals surface area contributed by atoms with Gasteiger partial charge in [-0.2, -0.15) is 0 Å². The number of benzene rings is 1. The molecule has 1 saturated heterocycles. The highest BCUT2D eigenvalue weighted by Gasteiger charge is 2.42. The van der Waals surface area contributed by atoms with E-state index in [9.17, 15) is 14.0 Å². The molecule has 0 bridgehead atoms. The van der Waals surface area contributed by atoms with E-state index in [0.717, 1.165) is 42.8 Å². The topological polar surface area (TPSA) is 40.6 Å². The Morgan fingerprint density at radius 1 is 0.962 bits per heavy atom. The SMILES string of the molecule is O=C1C(c2cccs2)=C(N2CCCCC2)C(=O)N1Cc1ccc(F)cc1. The number of piperidine rings is 1. The van der Waals surface area contributed by atoms with Crippen molar-refractivity contribution in [3.63, 3.8) is 0 Å². The highest BCUT2D eigenvalue weighted by Crippen LogP contribution is 2.35. The second-order valence-corrected chi connectivity index (χ2v) is 7.52. The molecule has 1 fully saturated rings. The summed E-state index contributed by atoms with van der Waals surface area (Å²) in [5.41, 5.74) is 1.77. The Kier molecular flexibility index (Phi) is 4.59. The molecule has 0 saturated carbocycles. The van der Waals surface area contributed by atoms with Gasteiger partial charge in [-0.25, -0.2) is 4.39 Å². The van der Waals surface area contributed by atoms with Gasteiger partial charge in [0.05, 0.1) is 12.1 Å². The summed E-state index contributed by atoms with van der Waals surface area (Å²) in [5.74, 6) is -0.841. The molecule has 134 valence electrons. The van der Waals surface area contributed by atoms with Gasteiger partial charge in [-0.3, -0.25) is 14.5 Å². The summed E-state index contributed by atoms with van der Waals surface area (Å²) in [6, 6.07) is 9.69. The lowest BCUT2D eigenvalue weighted by atomic mass is 10.1. The normalized spacial score (nSPS) is 18.2. The number of nitrogens with zero attached hydrogens (tertiary/aromatic N) is 2. The van der Waals surface area contributed by atoms with Gasteiger partial charge in [0.2, 0.25) is 0 Å². The zero-order chi connectivity index (χ0) is 18.1. The van der Waals surface area contributed by atoms with Crippen LogP contribution in [0.3, 0.4) is 0 Å². The van der Waals surface area contributed by atoms with Crippen LogP contribution in [-0.4, -0.2) is 34.7 Å². The summed E-state index contributed by atoms with van der Waals surface area (Å²) in [6.45, 7) is 1.76. The molecule has 0 spiro atoms. The number of imide groups is 1. The molecule has 4 rings (SSSR count). The number of likely N-dealkylation sites (tertiary alicyclic amines) is 1. The molecule has 1 aromatic heterocycles. The number of carbonyl (C=O) groups excluding carboxylic acids is 2. The highest BCUT2D eigenvalue weighted by molar-refractivity contribution is 7.11. The predicted molar refractivity (Wildman–Crippen MR) is 98.6 cm³/mol. The number of rotatable bonds is 4. The quantitative estimate of drug-likeness (QED) is 0.772. The summed E-state index contributed by atoms with van der Waals surface area (Å²) < 4.78 is 13.1. The number of thiophene rings is 1. The fraction of sp³-hybridized carbons (Fsp3) is 0.300. The van der Waals surface area contributed by atoms with Gasteiger partial charge in [0.25, 0.3) is 11.8 Å². The van der Waals surface area contributed by atoms with Gasteiger partial charge < -0.3 is 4.90 Å². The number of carbonyl (C=O) groups is 2. The van der Waals surface area contributed by atoms with E-state index in [2.05, 4.69) is 4.90 Å². The molecule has 2 aliphatic rings. The van der Waals surface area contributed by atoms with Crippen LogP contribution in [0, 0.1) is 5.82 Å². The molecule has 3 heterocycles. The minimum absolute atomic E-state index is 0.157. The van der Waals surface area contributed by atoms with Crippen LogP contribution in [0.2, 0.25) is 0 Å². The van der Waals surface area contributed by atoms with Crippen molar-refractivity contribution in [3.8, 4) is 0 Å². The van der Waals surface area contributed by atoms with Crippen LogP contribution in [0.4, 0.5) is 4.39 Å². The average molecular weight is 370 g/mol. The number of hydrogen-bond acceptors (Lipinski definition) is 4. The molecule has 0 N–H and O–H groups in total. The van der Waals surface area contributed by atoms with Gasteiger partial charge in [-0.15, -0.1) is 11.3 Å². The monoisotopic (exact) mass is 370 g/mol. The Morgan fingerprint density at radius 3 is 2.35 bits per heavy atom. The molecule has 6 heteroatoms. The zero-order valence-corrected chi connectivity index (χ0v) is 15.1. The van der Waals surface area contributed by atoms with Gasteiger partial charge in [0, 0.05) is 18.0 Å². The van der Waals surface area contributed by atoms with E-state index in [4.69, 9.17) is 0 Å². The molecule has 1 aromatic carbocycles. The summed E-state index contributed by atoms with van der Waals surface area (Å²) in [5, 5.41) is 1.91. The Morgan fingerprint density at radius 2 is 1.69 bits per heavy atom. The number of halogens is 1. The summed E-state index contributed by atoms with van der Waals surface area (Å²) in [7, 11) is 0. The van der Waals surface area contributed by atoms with Gasteiger partial charge in [-0.05, 0) is 48.4 Å². The van der Waals surface area contributed by atoms with Crippen LogP contribution in [0.1, 0.15) is 29.7 Å². The maximum atomic E-state index is 13.1.